The van der Waals surface area contributed by atoms with Crippen molar-refractivity contribution in [3.63, 3.8) is 0 Å². The molecule has 24 heteroatoms. The Labute approximate surface area is 404 Å². The Hall–Kier alpha value is -5.62. The van der Waals surface area contributed by atoms with Crippen molar-refractivity contribution < 1.29 is 43.2 Å². The van der Waals surface area contributed by atoms with Crippen molar-refractivity contribution in [2.45, 2.75) is 141 Å². The predicted octanol–water partition coefficient (Wildman–Crippen LogP) is -1.38. The van der Waals surface area contributed by atoms with Crippen molar-refractivity contribution >= 4 is 86.8 Å². The maximum atomic E-state index is 14.0. The molecule has 9 amide bonds. The summed E-state index contributed by atoms with van der Waals surface area (Å²) in [6, 6.07) is -3.27. The Morgan fingerprint density at radius 1 is 0.706 bits per heavy atom. The summed E-state index contributed by atoms with van der Waals surface area (Å²) < 4.78 is 0. The second-order valence-corrected chi connectivity index (χ2v) is 20.4. The van der Waals surface area contributed by atoms with Crippen LogP contribution in [0.5, 0.6) is 0 Å². The average molecular weight is 986 g/mol. The van der Waals surface area contributed by atoms with Crippen LogP contribution < -0.4 is 54.4 Å². The van der Waals surface area contributed by atoms with Crippen molar-refractivity contribution in [2.75, 3.05) is 24.6 Å². The normalized spacial score (nSPS) is 27.1. The first-order valence-electron chi connectivity index (χ1n) is 22.9. The molecule has 8 atom stereocenters. The second-order valence-electron chi connectivity index (χ2n) is 18.4. The van der Waals surface area contributed by atoms with E-state index in [4.69, 9.17) is 22.2 Å². The lowest BCUT2D eigenvalue weighted by molar-refractivity contribution is -0.137. The quantitative estimate of drug-likeness (QED) is 0.151. The molecule has 3 aliphatic rings. The number of primary amides is 2. The van der Waals surface area contributed by atoms with Gasteiger partial charge in [-0.05, 0) is 68.4 Å². The van der Waals surface area contributed by atoms with E-state index < -0.39 is 95.1 Å². The summed E-state index contributed by atoms with van der Waals surface area (Å²) in [6.07, 6.45) is 0.587. The molecule has 68 heavy (non-hydrogen) atoms. The average Bonchev–Trinajstić information content (AvgIpc) is 3.98. The summed E-state index contributed by atoms with van der Waals surface area (Å²) in [5.74, 6) is -5.32. The monoisotopic (exact) mass is 985 g/mol. The van der Waals surface area contributed by atoms with Crippen LogP contribution in [0.2, 0.25) is 0 Å². The third kappa shape index (κ3) is 16.6. The Balaban J connectivity index is 1.59. The summed E-state index contributed by atoms with van der Waals surface area (Å²) in [5, 5.41) is 20.0. The van der Waals surface area contributed by atoms with E-state index in [-0.39, 0.29) is 69.3 Å². The highest BCUT2D eigenvalue weighted by Gasteiger charge is 2.38. The number of amides is 9. The fourth-order valence-corrected chi connectivity index (χ4v) is 9.28. The maximum Gasteiger partial charge on any atom is 0.245 e. The van der Waals surface area contributed by atoms with Crippen LogP contribution in [0.1, 0.15) is 104 Å². The number of hydrogen-bond donors (Lipinski definition) is 10. The molecule has 0 spiro atoms. The molecule has 1 aromatic heterocycles. The van der Waals surface area contributed by atoms with Crippen LogP contribution in [0, 0.1) is 11.3 Å². The molecule has 374 valence electrons. The van der Waals surface area contributed by atoms with Crippen LogP contribution in [0.3, 0.4) is 0 Å². The molecule has 0 saturated carbocycles. The Morgan fingerprint density at radius 3 is 1.79 bits per heavy atom. The van der Waals surface area contributed by atoms with E-state index in [0.717, 1.165) is 0 Å². The van der Waals surface area contributed by atoms with Crippen molar-refractivity contribution in [3.05, 3.63) is 29.6 Å². The number of aliphatic imine (C=N–C) groups is 2. The minimum atomic E-state index is -1.38. The van der Waals surface area contributed by atoms with Gasteiger partial charge in [-0.1, -0.05) is 47.6 Å². The van der Waals surface area contributed by atoms with E-state index in [1.54, 1.807) is 45.9 Å². The van der Waals surface area contributed by atoms with E-state index in [0.29, 0.717) is 45.8 Å². The molecule has 1 aromatic rings. The van der Waals surface area contributed by atoms with Crippen molar-refractivity contribution in [2.24, 2.45) is 38.5 Å². The smallest absolute Gasteiger partial charge is 0.245 e. The summed E-state index contributed by atoms with van der Waals surface area (Å²) in [4.78, 5) is 133. The zero-order chi connectivity index (χ0) is 50.3. The molecule has 0 aromatic carbocycles. The number of fused-ring (bicyclic) bond motifs is 6. The number of carbonyl (C=O) groups excluding carboxylic acids is 9. The molecule has 0 fully saturated rings. The van der Waals surface area contributed by atoms with Crippen LogP contribution in [0.25, 0.3) is 0 Å². The Kier molecular flexibility index (Phi) is 20.7. The van der Waals surface area contributed by atoms with E-state index in [1.807, 2.05) is 13.8 Å². The molecule has 0 radical (unpaired) electrons. The van der Waals surface area contributed by atoms with Crippen LogP contribution in [0.15, 0.2) is 28.2 Å². The largest absolute Gasteiger partial charge is 0.370 e. The van der Waals surface area contributed by atoms with Gasteiger partial charge in [0.2, 0.25) is 53.2 Å². The lowest BCUT2D eigenvalue weighted by atomic mass is 9.85. The van der Waals surface area contributed by atoms with E-state index in [2.05, 4.69) is 47.2 Å². The zero-order valence-corrected chi connectivity index (χ0v) is 41.1. The Morgan fingerprint density at radius 2 is 1.25 bits per heavy atom. The van der Waals surface area contributed by atoms with Crippen molar-refractivity contribution in [3.8, 4) is 0 Å². The number of nitrogens with one attached hydrogen (secondary N) is 7. The second kappa shape index (κ2) is 25.7. The standard InChI is InChI=1S/C44H67N13O9S2/c1-7-24-38(63)57-33(44(4,5)6)41(66)54-29(19-22(2)3)40(65)53-26(14-15-32(46)58)39(64)52-25(34(47)59)11-8-9-17-48-36(61)30-20-67-42(55-30)27-12-10-13-28(50-27)43-56-31(21-68-43)37(62)49-18-16-23(45)35(60)51-24/h10,12-13,22-26,29-31,33H,7-9,11,14-21,45H2,1-6H3,(H2,46,58)(H2,47,59)(H,48,61)(H,49,62)(H,51,60)(H,52,64)(H,53,65)(H,54,66)(H,57,63)/t23-,24-,25-,26-,29-,30-,31-,33+/m0/s1. The van der Waals surface area contributed by atoms with Crippen LogP contribution in [-0.2, 0) is 43.2 Å². The molecule has 3 aliphatic heterocycles. The highest BCUT2D eigenvalue weighted by molar-refractivity contribution is 8.15. The number of rotatable bonds is 7. The molecule has 22 nitrogen and oxygen atoms in total. The number of carbonyl (C=O) groups is 9. The SMILES string of the molecule is CC[C@@H]1NC(=O)[C@@H](N)CCNC(=O)[C@@H]2CSC(=N2)c2cccc(n2)C2=N[C@@H](CS2)C(=O)NCCCC[C@@H](C(N)=O)NC(=O)[C@H](CCC(N)=O)NC(=O)[C@H](CC(C)C)NC(=O)[C@H](C(C)(C)C)NC1=O. The van der Waals surface area contributed by atoms with Gasteiger partial charge in [-0.2, -0.15) is 0 Å². The third-order valence-corrected chi connectivity index (χ3v) is 13.3. The number of nitrogens with two attached hydrogens (primary N) is 3. The van der Waals surface area contributed by atoms with Crippen LogP contribution >= 0.6 is 23.5 Å². The van der Waals surface area contributed by atoms with Gasteiger partial charge in [0, 0.05) is 31.0 Å². The Bertz CT molecular complexity index is 2110. The number of hydrogen-bond acceptors (Lipinski definition) is 15. The number of aromatic nitrogens is 1. The molecular weight excluding hydrogens is 919 g/mol. The fourth-order valence-electron chi connectivity index (χ4n) is 7.27. The molecule has 13 N–H and O–H groups in total. The molecule has 4 rings (SSSR count). The first-order chi connectivity index (χ1) is 32.1. The third-order valence-electron chi connectivity index (χ3n) is 11.2. The molecule has 0 aliphatic carbocycles. The topological polar surface area (TPSA) is 354 Å². The van der Waals surface area contributed by atoms with Crippen molar-refractivity contribution in [1.82, 2.24) is 42.2 Å². The van der Waals surface area contributed by atoms with Gasteiger partial charge in [-0.25, -0.2) is 4.98 Å². The minimum Gasteiger partial charge on any atom is -0.370 e. The van der Waals surface area contributed by atoms with Crippen molar-refractivity contribution in [1.29, 1.82) is 0 Å². The maximum absolute atomic E-state index is 14.0. The molecule has 0 unspecified atom stereocenters. The van der Waals surface area contributed by atoms with Crippen LogP contribution in [-0.4, -0.2) is 141 Å². The molecule has 6 bridgehead atoms. The first-order valence-corrected chi connectivity index (χ1v) is 24.8. The summed E-state index contributed by atoms with van der Waals surface area (Å²) in [5.41, 5.74) is 17.5. The number of nitrogens with zero attached hydrogens (tertiary/aromatic N) is 3. The molecular formula is C44H67N13O9S2. The molecule has 0 saturated heterocycles. The van der Waals surface area contributed by atoms with Crippen LogP contribution in [0.4, 0.5) is 0 Å². The summed E-state index contributed by atoms with van der Waals surface area (Å²) in [6.45, 7) is 10.7. The fraction of sp³-hybridized carbons (Fsp3) is 0.636. The molecule has 4 heterocycles. The van der Waals surface area contributed by atoms with Gasteiger partial charge in [0.05, 0.1) is 17.4 Å². The number of pyridine rings is 1. The summed E-state index contributed by atoms with van der Waals surface area (Å²) in [7, 11) is 0. The highest BCUT2D eigenvalue weighted by atomic mass is 32.2. The van der Waals surface area contributed by atoms with Gasteiger partial charge in [-0.15, -0.1) is 23.5 Å². The van der Waals surface area contributed by atoms with Gasteiger partial charge >= 0.3 is 0 Å². The van der Waals surface area contributed by atoms with Gasteiger partial charge in [0.25, 0.3) is 0 Å². The van der Waals surface area contributed by atoms with Gasteiger partial charge in [0.15, 0.2) is 0 Å². The minimum absolute atomic E-state index is 0.0392. The predicted molar refractivity (Wildman–Crippen MR) is 259 cm³/mol. The highest BCUT2D eigenvalue weighted by Crippen LogP contribution is 2.26. The van der Waals surface area contributed by atoms with E-state index in [9.17, 15) is 43.2 Å². The summed E-state index contributed by atoms with van der Waals surface area (Å²) >= 11 is 2.75. The van der Waals surface area contributed by atoms with E-state index in [1.165, 1.54) is 23.5 Å². The lowest BCUT2D eigenvalue weighted by Crippen LogP contribution is -2.62. The van der Waals surface area contributed by atoms with Gasteiger partial charge in [-0.3, -0.25) is 53.1 Å². The first kappa shape index (κ1) is 55.0. The lowest BCUT2D eigenvalue weighted by Gasteiger charge is -2.33. The number of thioether (sulfide) groups is 2. The van der Waals surface area contributed by atoms with Gasteiger partial charge < -0.3 is 54.4 Å². The van der Waals surface area contributed by atoms with Gasteiger partial charge in [0.1, 0.15) is 52.4 Å². The van der Waals surface area contributed by atoms with E-state index >= 15 is 0 Å². The zero-order valence-electron chi connectivity index (χ0n) is 39.5.